The van der Waals surface area contributed by atoms with E-state index < -0.39 is 0 Å². The van der Waals surface area contributed by atoms with Gasteiger partial charge in [-0.25, -0.2) is 0 Å². The van der Waals surface area contributed by atoms with E-state index in [1.54, 1.807) is 0 Å². The minimum absolute atomic E-state index is 0.0461. The predicted octanol–water partition coefficient (Wildman–Crippen LogP) is 16.3. The normalized spacial score (nSPS) is 23.3. The zero-order valence-corrected chi connectivity index (χ0v) is 36.1. The van der Waals surface area contributed by atoms with Gasteiger partial charge in [0.15, 0.2) is 0 Å². The topological polar surface area (TPSA) is 6.48 Å². The Balaban J connectivity index is 0.934. The zero-order chi connectivity index (χ0) is 41.1. The highest BCUT2D eigenvalue weighted by molar-refractivity contribution is 5.85. The van der Waals surface area contributed by atoms with E-state index in [2.05, 4.69) is 206 Å². The lowest BCUT2D eigenvalue weighted by Crippen LogP contribution is -2.33. The number of anilines is 6. The fraction of sp³-hybridized carbons (Fsp3) is 0.288. The number of hydrogen-bond acceptors (Lipinski definition) is 2. The summed E-state index contributed by atoms with van der Waals surface area (Å²) in [5.74, 6) is 3.24. The molecule has 0 aliphatic heterocycles. The highest BCUT2D eigenvalue weighted by Crippen LogP contribution is 2.54. The second-order valence-corrected chi connectivity index (χ2v) is 19.5. The lowest BCUT2D eigenvalue weighted by Gasteiger charge is -2.42. The van der Waals surface area contributed by atoms with Gasteiger partial charge in [0.05, 0.1) is 0 Å². The van der Waals surface area contributed by atoms with Gasteiger partial charge in [-0.05, 0) is 168 Å². The van der Waals surface area contributed by atoms with Crippen molar-refractivity contribution in [1.29, 1.82) is 0 Å². The van der Waals surface area contributed by atoms with Gasteiger partial charge >= 0.3 is 0 Å². The average molecular weight is 795 g/mol. The Kier molecular flexibility index (Phi) is 9.52. The fourth-order valence-electron chi connectivity index (χ4n) is 12.5. The molecule has 7 aromatic rings. The van der Waals surface area contributed by atoms with E-state index in [0.717, 1.165) is 30.6 Å². The number of nitrogens with zero attached hydrogens (tertiary/aromatic N) is 2. The summed E-state index contributed by atoms with van der Waals surface area (Å²) in [6, 6.07) is 66.7. The van der Waals surface area contributed by atoms with Crippen molar-refractivity contribution in [3.63, 3.8) is 0 Å². The van der Waals surface area contributed by atoms with Gasteiger partial charge in [0.1, 0.15) is 0 Å². The summed E-state index contributed by atoms with van der Waals surface area (Å²) in [6.07, 6.45) is 10.5. The van der Waals surface area contributed by atoms with E-state index in [0.29, 0.717) is 5.92 Å². The summed E-state index contributed by atoms with van der Waals surface area (Å²) in [7, 11) is 0. The van der Waals surface area contributed by atoms with Gasteiger partial charge in [-0.1, -0.05) is 143 Å². The van der Waals surface area contributed by atoms with Crippen molar-refractivity contribution in [1.82, 2.24) is 0 Å². The van der Waals surface area contributed by atoms with E-state index in [9.17, 15) is 0 Å². The predicted molar refractivity (Wildman–Crippen MR) is 256 cm³/mol. The van der Waals surface area contributed by atoms with Crippen LogP contribution >= 0.6 is 0 Å². The van der Waals surface area contributed by atoms with Crippen molar-refractivity contribution in [2.45, 2.75) is 88.9 Å². The molecular formula is C59H58N2. The molecule has 5 atom stereocenters. The molecule has 2 heteroatoms. The summed E-state index contributed by atoms with van der Waals surface area (Å²) in [5.41, 5.74) is 16.9. The largest absolute Gasteiger partial charge is 0.311 e. The molecular weight excluding hydrogens is 737 g/mol. The molecule has 0 heterocycles. The summed E-state index contributed by atoms with van der Waals surface area (Å²) in [6.45, 7) is 7.20. The van der Waals surface area contributed by atoms with E-state index in [1.807, 2.05) is 0 Å². The molecule has 0 saturated heterocycles. The number of rotatable bonds is 9. The molecule has 11 rings (SSSR count). The third-order valence-electron chi connectivity index (χ3n) is 15.5. The molecule has 2 bridgehead atoms. The standard InChI is InChI=1S/C59H58N2/c1-41-13-12-36-59(40-41,45-24-30-50(31-25-45)60(47-14-6-4-7-15-47)49-28-22-43(23-29-49)55-38-42-20-21-44(55)37-42)46-26-32-51(33-27-46)61(48-16-8-5-9-17-48)52-34-35-54-53-18-10-11-19-56(53)58(2,3)57(54)39-52/h4-11,14-19,22-35,39,41-42,44,55H,12-13,20-21,36-38,40H2,1-3H3. The molecule has 0 spiro atoms. The van der Waals surface area contributed by atoms with E-state index in [1.165, 1.54) is 112 Å². The van der Waals surface area contributed by atoms with Crippen molar-refractivity contribution in [2.75, 3.05) is 9.80 Å². The van der Waals surface area contributed by atoms with Gasteiger partial charge in [-0.15, -0.1) is 0 Å². The van der Waals surface area contributed by atoms with Crippen LogP contribution in [0.2, 0.25) is 0 Å². The van der Waals surface area contributed by atoms with Crippen LogP contribution in [0, 0.1) is 17.8 Å². The van der Waals surface area contributed by atoms with Crippen LogP contribution < -0.4 is 9.80 Å². The van der Waals surface area contributed by atoms with Crippen molar-refractivity contribution >= 4 is 34.1 Å². The summed E-state index contributed by atoms with van der Waals surface area (Å²) in [5, 5.41) is 0. The van der Waals surface area contributed by atoms with Gasteiger partial charge in [0, 0.05) is 45.0 Å². The Labute approximate surface area is 363 Å². The third kappa shape index (κ3) is 6.62. The van der Waals surface area contributed by atoms with Crippen molar-refractivity contribution in [2.24, 2.45) is 17.8 Å². The maximum Gasteiger partial charge on any atom is 0.0465 e. The molecule has 2 nitrogen and oxygen atoms in total. The Bertz CT molecular complexity index is 2640. The Morgan fingerprint density at radius 3 is 1.57 bits per heavy atom. The van der Waals surface area contributed by atoms with E-state index in [-0.39, 0.29) is 10.8 Å². The van der Waals surface area contributed by atoms with Crippen molar-refractivity contribution in [3.8, 4) is 11.1 Å². The second-order valence-electron chi connectivity index (χ2n) is 19.5. The molecule has 304 valence electrons. The third-order valence-corrected chi connectivity index (χ3v) is 15.5. The lowest BCUT2D eigenvalue weighted by molar-refractivity contribution is 0.272. The van der Waals surface area contributed by atoms with Gasteiger partial charge < -0.3 is 9.80 Å². The molecule has 3 saturated carbocycles. The van der Waals surface area contributed by atoms with Crippen molar-refractivity contribution < 1.29 is 0 Å². The maximum atomic E-state index is 2.46. The maximum absolute atomic E-state index is 2.46. The lowest BCUT2D eigenvalue weighted by atomic mass is 9.62. The molecule has 0 radical (unpaired) electrons. The highest BCUT2D eigenvalue weighted by Gasteiger charge is 2.41. The quantitative estimate of drug-likeness (QED) is 0.144. The molecule has 0 amide bonds. The van der Waals surface area contributed by atoms with Crippen LogP contribution in [0.3, 0.4) is 0 Å². The molecule has 4 aliphatic carbocycles. The Morgan fingerprint density at radius 2 is 1.00 bits per heavy atom. The van der Waals surface area contributed by atoms with Crippen LogP contribution in [0.25, 0.3) is 11.1 Å². The average Bonchev–Trinajstić information content (AvgIpc) is 4.01. The van der Waals surface area contributed by atoms with Crippen LogP contribution in [0.1, 0.15) is 106 Å². The van der Waals surface area contributed by atoms with Gasteiger partial charge in [-0.2, -0.15) is 0 Å². The first-order valence-corrected chi connectivity index (χ1v) is 23.1. The van der Waals surface area contributed by atoms with Crippen LogP contribution in [0.5, 0.6) is 0 Å². The zero-order valence-electron chi connectivity index (χ0n) is 36.1. The first-order chi connectivity index (χ1) is 29.9. The molecule has 4 aliphatic rings. The number of para-hydroxylation sites is 2. The van der Waals surface area contributed by atoms with E-state index in [4.69, 9.17) is 0 Å². The Morgan fingerprint density at radius 1 is 0.475 bits per heavy atom. The summed E-state index contributed by atoms with van der Waals surface area (Å²) < 4.78 is 0. The van der Waals surface area contributed by atoms with Gasteiger partial charge in [0.2, 0.25) is 0 Å². The monoisotopic (exact) mass is 794 g/mol. The van der Waals surface area contributed by atoms with E-state index >= 15 is 0 Å². The van der Waals surface area contributed by atoms with Crippen LogP contribution in [0.15, 0.2) is 176 Å². The number of hydrogen-bond donors (Lipinski definition) is 0. The van der Waals surface area contributed by atoms with Crippen LogP contribution in [-0.4, -0.2) is 0 Å². The summed E-state index contributed by atoms with van der Waals surface area (Å²) >= 11 is 0. The smallest absolute Gasteiger partial charge is 0.0465 e. The molecule has 0 aromatic heterocycles. The molecule has 3 fully saturated rings. The van der Waals surface area contributed by atoms with Gasteiger partial charge in [-0.3, -0.25) is 0 Å². The van der Waals surface area contributed by atoms with Crippen molar-refractivity contribution in [3.05, 3.63) is 204 Å². The first-order valence-electron chi connectivity index (χ1n) is 23.1. The van der Waals surface area contributed by atoms with Gasteiger partial charge in [0.25, 0.3) is 0 Å². The number of benzene rings is 7. The SMILES string of the molecule is CC1CCCC(c2ccc(N(c3ccccc3)c3ccc(C4CC5CCC4C5)cc3)cc2)(c2ccc(N(c3ccccc3)c3ccc4c(c3)C(C)(C)c3ccccc3-4)cc2)C1. The summed E-state index contributed by atoms with van der Waals surface area (Å²) in [4.78, 5) is 4.88. The number of fused-ring (bicyclic) bond motifs is 5. The fourth-order valence-corrected chi connectivity index (χ4v) is 12.5. The van der Waals surface area contributed by atoms with Crippen LogP contribution in [-0.2, 0) is 10.8 Å². The second kappa shape index (κ2) is 15.2. The molecule has 61 heavy (non-hydrogen) atoms. The Hall–Kier alpha value is -5.86. The van der Waals surface area contributed by atoms with Crippen LogP contribution in [0.4, 0.5) is 34.1 Å². The highest BCUT2D eigenvalue weighted by atomic mass is 15.1. The first kappa shape index (κ1) is 38.1. The minimum atomic E-state index is -0.0642. The molecule has 7 aromatic carbocycles. The molecule has 0 N–H and O–H groups in total. The minimum Gasteiger partial charge on any atom is -0.311 e. The molecule has 5 unspecified atom stereocenters.